The molecule has 0 fully saturated rings. The second kappa shape index (κ2) is 8.53. The zero-order chi connectivity index (χ0) is 21.0. The Labute approximate surface area is 171 Å². The van der Waals surface area contributed by atoms with E-state index in [0.717, 1.165) is 11.3 Å². The number of sulfonamides is 1. The van der Waals surface area contributed by atoms with Crippen molar-refractivity contribution in [1.82, 2.24) is 5.16 Å². The molecule has 1 aromatic carbocycles. The molecular weight excluding hydrogens is 420 g/mol. The molecule has 0 aliphatic carbocycles. The van der Waals surface area contributed by atoms with E-state index in [1.54, 1.807) is 25.1 Å². The predicted octanol–water partition coefficient (Wildman–Crippen LogP) is 3.40. The third-order valence-corrected chi connectivity index (χ3v) is 6.69. The number of hydrogen-bond acceptors (Lipinski definition) is 9. The van der Waals surface area contributed by atoms with Gasteiger partial charge in [0.2, 0.25) is 0 Å². The van der Waals surface area contributed by atoms with Crippen molar-refractivity contribution in [3.63, 3.8) is 0 Å². The van der Waals surface area contributed by atoms with Crippen molar-refractivity contribution in [1.29, 1.82) is 0 Å². The fourth-order valence-corrected chi connectivity index (χ4v) is 4.69. The number of esters is 1. The van der Waals surface area contributed by atoms with E-state index in [2.05, 4.69) is 9.88 Å². The SMILES string of the molecule is CCOC(=O)c1cc(-c2ccc(S(=O)(=O)Nc3cc(OC)ccc3OC)s2)on1. The topological polar surface area (TPSA) is 117 Å². The Hall–Kier alpha value is -3.05. The van der Waals surface area contributed by atoms with Gasteiger partial charge in [-0.3, -0.25) is 4.72 Å². The molecule has 0 aliphatic rings. The Morgan fingerprint density at radius 2 is 1.97 bits per heavy atom. The van der Waals surface area contributed by atoms with Crippen LogP contribution in [0.3, 0.4) is 0 Å². The number of nitrogens with one attached hydrogen (secondary N) is 1. The Balaban J connectivity index is 1.85. The normalized spacial score (nSPS) is 11.1. The summed E-state index contributed by atoms with van der Waals surface area (Å²) in [7, 11) is -0.979. The Morgan fingerprint density at radius 1 is 1.17 bits per heavy atom. The number of rotatable bonds is 8. The average Bonchev–Trinajstić information content (AvgIpc) is 3.37. The van der Waals surface area contributed by atoms with Crippen molar-refractivity contribution in [3.05, 3.63) is 42.1 Å². The van der Waals surface area contributed by atoms with E-state index in [9.17, 15) is 13.2 Å². The molecule has 1 N–H and O–H groups in total. The molecule has 3 aromatic rings. The van der Waals surface area contributed by atoms with Gasteiger partial charge in [0.15, 0.2) is 11.5 Å². The van der Waals surface area contributed by atoms with Gasteiger partial charge in [-0.25, -0.2) is 13.2 Å². The van der Waals surface area contributed by atoms with Crippen LogP contribution >= 0.6 is 11.3 Å². The summed E-state index contributed by atoms with van der Waals surface area (Å²) in [6.45, 7) is 1.89. The highest BCUT2D eigenvalue weighted by Gasteiger charge is 2.22. The van der Waals surface area contributed by atoms with Crippen molar-refractivity contribution in [2.45, 2.75) is 11.1 Å². The van der Waals surface area contributed by atoms with Gasteiger partial charge in [-0.05, 0) is 31.2 Å². The zero-order valence-electron chi connectivity index (χ0n) is 15.8. The van der Waals surface area contributed by atoms with Gasteiger partial charge in [0.25, 0.3) is 10.0 Å². The van der Waals surface area contributed by atoms with Crippen LogP contribution in [0.15, 0.2) is 45.1 Å². The Bertz CT molecular complexity index is 1120. The van der Waals surface area contributed by atoms with Gasteiger partial charge < -0.3 is 18.7 Å². The second-order valence-corrected chi connectivity index (χ2v) is 8.58. The van der Waals surface area contributed by atoms with Gasteiger partial charge in [-0.2, -0.15) is 0 Å². The first-order valence-electron chi connectivity index (χ1n) is 8.36. The van der Waals surface area contributed by atoms with Crippen LogP contribution in [0.2, 0.25) is 0 Å². The first kappa shape index (κ1) is 20.7. The van der Waals surface area contributed by atoms with Gasteiger partial charge in [0, 0.05) is 12.1 Å². The molecule has 2 aromatic heterocycles. The number of aromatic nitrogens is 1. The lowest BCUT2D eigenvalue weighted by molar-refractivity contribution is 0.0514. The highest BCUT2D eigenvalue weighted by molar-refractivity contribution is 7.94. The molecule has 2 heterocycles. The molecule has 0 saturated carbocycles. The maximum atomic E-state index is 12.8. The molecule has 0 spiro atoms. The van der Waals surface area contributed by atoms with E-state index in [0.29, 0.717) is 16.4 Å². The molecule has 29 heavy (non-hydrogen) atoms. The zero-order valence-corrected chi connectivity index (χ0v) is 17.4. The summed E-state index contributed by atoms with van der Waals surface area (Å²) in [5.41, 5.74) is 0.255. The van der Waals surface area contributed by atoms with E-state index >= 15 is 0 Å². The Kier molecular flexibility index (Phi) is 6.09. The van der Waals surface area contributed by atoms with Crippen molar-refractivity contribution < 1.29 is 31.9 Å². The fourth-order valence-electron chi connectivity index (χ4n) is 2.38. The smallest absolute Gasteiger partial charge is 0.360 e. The minimum atomic E-state index is -3.90. The first-order chi connectivity index (χ1) is 13.9. The van der Waals surface area contributed by atoms with E-state index in [1.807, 2.05) is 0 Å². The van der Waals surface area contributed by atoms with E-state index in [1.165, 1.54) is 32.4 Å². The highest BCUT2D eigenvalue weighted by Crippen LogP contribution is 2.35. The average molecular weight is 438 g/mol. The largest absolute Gasteiger partial charge is 0.497 e. The number of anilines is 1. The molecule has 11 heteroatoms. The van der Waals surface area contributed by atoms with Crippen LogP contribution in [0.4, 0.5) is 5.69 Å². The van der Waals surface area contributed by atoms with Crippen LogP contribution in [0.25, 0.3) is 10.6 Å². The molecular formula is C18H18N2O7S2. The van der Waals surface area contributed by atoms with Crippen molar-refractivity contribution in [3.8, 4) is 22.1 Å². The molecule has 0 saturated heterocycles. The van der Waals surface area contributed by atoms with Crippen LogP contribution in [-0.4, -0.2) is 40.4 Å². The Morgan fingerprint density at radius 3 is 2.66 bits per heavy atom. The monoisotopic (exact) mass is 438 g/mol. The molecule has 0 aliphatic heterocycles. The van der Waals surface area contributed by atoms with Crippen molar-refractivity contribution in [2.75, 3.05) is 25.5 Å². The minimum Gasteiger partial charge on any atom is -0.497 e. The lowest BCUT2D eigenvalue weighted by Gasteiger charge is -2.12. The molecule has 0 amide bonds. The number of hydrogen-bond donors (Lipinski definition) is 1. The van der Waals surface area contributed by atoms with E-state index < -0.39 is 16.0 Å². The maximum Gasteiger partial charge on any atom is 0.360 e. The molecule has 0 bridgehead atoms. The number of carbonyl (C=O) groups excluding carboxylic acids is 1. The third-order valence-electron chi connectivity index (χ3n) is 3.73. The lowest BCUT2D eigenvalue weighted by Crippen LogP contribution is -2.12. The highest BCUT2D eigenvalue weighted by atomic mass is 32.2. The van der Waals surface area contributed by atoms with Gasteiger partial charge in [-0.15, -0.1) is 11.3 Å². The predicted molar refractivity (Wildman–Crippen MR) is 106 cm³/mol. The number of benzene rings is 1. The molecule has 3 rings (SSSR count). The fraction of sp³-hybridized carbons (Fsp3) is 0.222. The summed E-state index contributed by atoms with van der Waals surface area (Å²) >= 11 is 0.966. The lowest BCUT2D eigenvalue weighted by atomic mass is 10.3. The number of carbonyl (C=O) groups is 1. The molecule has 0 atom stereocenters. The second-order valence-electron chi connectivity index (χ2n) is 5.59. The van der Waals surface area contributed by atoms with Crippen LogP contribution < -0.4 is 14.2 Å². The van der Waals surface area contributed by atoms with E-state index in [4.69, 9.17) is 18.7 Å². The van der Waals surface area contributed by atoms with Crippen LogP contribution in [0, 0.1) is 0 Å². The van der Waals surface area contributed by atoms with Crippen molar-refractivity contribution in [2.24, 2.45) is 0 Å². The molecule has 9 nitrogen and oxygen atoms in total. The molecule has 154 valence electrons. The summed E-state index contributed by atoms with van der Waals surface area (Å²) in [5.74, 6) is 0.473. The summed E-state index contributed by atoms with van der Waals surface area (Å²) in [4.78, 5) is 12.2. The summed E-state index contributed by atoms with van der Waals surface area (Å²) in [6, 6.07) is 9.18. The minimum absolute atomic E-state index is 0.0129. The van der Waals surface area contributed by atoms with Crippen LogP contribution in [-0.2, 0) is 14.8 Å². The summed E-state index contributed by atoms with van der Waals surface area (Å²) < 4.78 is 48.5. The molecule has 0 unspecified atom stereocenters. The number of nitrogens with zero attached hydrogens (tertiary/aromatic N) is 1. The third kappa shape index (κ3) is 4.51. The standard InChI is InChI=1S/C18H18N2O7S2/c1-4-26-18(21)13-10-15(27-19-13)16-7-8-17(28-16)29(22,23)20-12-9-11(24-2)5-6-14(12)25-3/h5-10,20H,4H2,1-3H3. The van der Waals surface area contributed by atoms with Gasteiger partial charge in [0.05, 0.1) is 31.4 Å². The van der Waals surface area contributed by atoms with Crippen LogP contribution in [0.1, 0.15) is 17.4 Å². The van der Waals surface area contributed by atoms with Crippen LogP contribution in [0.5, 0.6) is 11.5 Å². The number of methoxy groups -OCH3 is 2. The number of ether oxygens (including phenoxy) is 3. The van der Waals surface area contributed by atoms with E-state index in [-0.39, 0.29) is 28.0 Å². The first-order valence-corrected chi connectivity index (χ1v) is 10.7. The number of thiophene rings is 1. The quantitative estimate of drug-likeness (QED) is 0.532. The maximum absolute atomic E-state index is 12.8. The summed E-state index contributed by atoms with van der Waals surface area (Å²) in [6.07, 6.45) is 0. The summed E-state index contributed by atoms with van der Waals surface area (Å²) in [5, 5.41) is 3.65. The molecule has 0 radical (unpaired) electrons. The van der Waals surface area contributed by atoms with Gasteiger partial charge in [-0.1, -0.05) is 5.16 Å². The van der Waals surface area contributed by atoms with Gasteiger partial charge in [0.1, 0.15) is 15.7 Å². The van der Waals surface area contributed by atoms with Gasteiger partial charge >= 0.3 is 5.97 Å². The van der Waals surface area contributed by atoms with Crippen molar-refractivity contribution >= 4 is 33.0 Å².